The fourth-order valence-electron chi connectivity index (χ4n) is 1.34. The van der Waals surface area contributed by atoms with Gasteiger partial charge in [0.1, 0.15) is 5.75 Å². The van der Waals surface area contributed by atoms with Gasteiger partial charge in [0.15, 0.2) is 2.14 Å². The Labute approximate surface area is 159 Å². The third-order valence-corrected chi connectivity index (χ3v) is 4.72. The van der Waals surface area contributed by atoms with Gasteiger partial charge in [-0.2, -0.15) is 0 Å². The van der Waals surface area contributed by atoms with Crippen LogP contribution < -0.4 is 4.52 Å². The third kappa shape index (κ3) is 7.56. The monoisotopic (exact) mass is 544 g/mol. The summed E-state index contributed by atoms with van der Waals surface area (Å²) < 4.78 is 21.6. The van der Waals surface area contributed by atoms with E-state index in [1.54, 1.807) is 12.1 Å². The molecule has 1 aromatic carbocycles. The number of benzene rings is 1. The number of hydrogen-bond donors (Lipinski definition) is 0. The lowest BCUT2D eigenvalue weighted by Gasteiger charge is -2.21. The van der Waals surface area contributed by atoms with Crippen molar-refractivity contribution in [2.75, 3.05) is 6.61 Å². The van der Waals surface area contributed by atoms with E-state index < -0.39 is 9.09 Å². The topological polar surface area (TPSA) is 35.5 Å². The summed E-state index contributed by atoms with van der Waals surface area (Å²) >= 11 is 21.5. The summed E-state index contributed by atoms with van der Waals surface area (Å²) in [5.41, 5.74) is 0.982. The van der Waals surface area contributed by atoms with E-state index in [-0.39, 0.29) is 17.8 Å². The van der Waals surface area contributed by atoms with Crippen LogP contribution in [-0.4, -0.2) is 8.75 Å². The molecule has 1 atom stereocenters. The first kappa shape index (κ1) is 20.3. The van der Waals surface area contributed by atoms with Crippen LogP contribution in [0.15, 0.2) is 18.2 Å². The Morgan fingerprint density at radius 1 is 1.24 bits per heavy atom. The molecule has 1 rings (SSSR count). The first-order valence-corrected chi connectivity index (χ1v) is 11.0. The van der Waals surface area contributed by atoms with E-state index >= 15 is 0 Å². The summed E-state index contributed by atoms with van der Waals surface area (Å²) in [4.78, 5) is 0. The van der Waals surface area contributed by atoms with Gasteiger partial charge in [0.05, 0.1) is 11.6 Å². The predicted molar refractivity (Wildman–Crippen MR) is 99.7 cm³/mol. The maximum absolute atomic E-state index is 12.1. The second-order valence-electron chi connectivity index (χ2n) is 5.31. The quantitative estimate of drug-likeness (QED) is 0.295. The van der Waals surface area contributed by atoms with E-state index in [2.05, 4.69) is 68.6 Å². The first-order chi connectivity index (χ1) is 9.30. The Hall–Kier alpha value is 1.23. The van der Waals surface area contributed by atoms with Gasteiger partial charge in [-0.3, -0.25) is 4.52 Å². The summed E-state index contributed by atoms with van der Waals surface area (Å²) in [7, 11) is 0. The Morgan fingerprint density at radius 3 is 2.24 bits per heavy atom. The zero-order chi connectivity index (χ0) is 16.5. The second-order valence-corrected chi connectivity index (χ2v) is 15.5. The second kappa shape index (κ2) is 7.42. The molecule has 0 fully saturated rings. The largest absolute Gasteiger partial charge is 0.476 e. The van der Waals surface area contributed by atoms with Crippen molar-refractivity contribution in [2.24, 2.45) is 0 Å². The SMILES string of the molecule is CC(C)(C)c1ccc(OP(=O)(Cl)OCC(Br)(Br)Br)c(Cl)c1. The lowest BCUT2D eigenvalue weighted by molar-refractivity contribution is 0.291. The standard InChI is InChI=1S/C12H14Br3Cl2O3P/c1-11(2,3)8-4-5-10(9(16)6-8)20-21(17,18)19-7-12(13,14)15/h4-6H,7H2,1-3H3. The van der Waals surface area contributed by atoms with E-state index in [0.717, 1.165) is 5.56 Å². The molecule has 0 saturated carbocycles. The van der Waals surface area contributed by atoms with Gasteiger partial charge in [-0.15, -0.1) is 0 Å². The lowest BCUT2D eigenvalue weighted by Crippen LogP contribution is -2.11. The van der Waals surface area contributed by atoms with E-state index in [0.29, 0.717) is 5.02 Å². The Morgan fingerprint density at radius 2 is 1.81 bits per heavy atom. The highest BCUT2D eigenvalue weighted by Gasteiger charge is 2.29. The molecule has 0 saturated heterocycles. The highest BCUT2D eigenvalue weighted by molar-refractivity contribution is 9.39. The van der Waals surface area contributed by atoms with Crippen molar-refractivity contribution in [3.8, 4) is 5.75 Å². The molecule has 0 amide bonds. The van der Waals surface area contributed by atoms with Crippen LogP contribution in [0.3, 0.4) is 0 Å². The van der Waals surface area contributed by atoms with Crippen molar-refractivity contribution in [2.45, 2.75) is 28.3 Å². The van der Waals surface area contributed by atoms with E-state index in [1.165, 1.54) is 0 Å². The van der Waals surface area contributed by atoms with Crippen LogP contribution in [0.2, 0.25) is 5.02 Å². The fourth-order valence-corrected chi connectivity index (χ4v) is 3.65. The lowest BCUT2D eigenvalue weighted by atomic mass is 9.87. The summed E-state index contributed by atoms with van der Waals surface area (Å²) in [5, 5.41) is 0.328. The molecule has 0 aliphatic carbocycles. The van der Waals surface area contributed by atoms with Gasteiger partial charge in [-0.05, 0) is 23.1 Å². The Kier molecular flexibility index (Phi) is 7.16. The predicted octanol–water partition coefficient (Wildman–Crippen LogP) is 7.22. The van der Waals surface area contributed by atoms with Gasteiger partial charge in [0, 0.05) is 11.2 Å². The smallest absolute Gasteiger partial charge is 0.412 e. The zero-order valence-corrected chi connectivity index (χ0v) is 18.7. The van der Waals surface area contributed by atoms with Gasteiger partial charge >= 0.3 is 6.95 Å². The van der Waals surface area contributed by atoms with E-state index in [9.17, 15) is 4.57 Å². The van der Waals surface area contributed by atoms with E-state index in [1.807, 2.05) is 6.07 Å². The van der Waals surface area contributed by atoms with Gasteiger partial charge in [0.2, 0.25) is 0 Å². The van der Waals surface area contributed by atoms with Crippen molar-refractivity contribution in [1.82, 2.24) is 0 Å². The minimum atomic E-state index is -3.80. The molecule has 0 spiro atoms. The van der Waals surface area contributed by atoms with Gasteiger partial charge in [-0.25, -0.2) is 4.57 Å². The minimum absolute atomic E-state index is 0.0223. The molecular formula is C12H14Br3Cl2O3P. The van der Waals surface area contributed by atoms with Crippen molar-refractivity contribution in [3.63, 3.8) is 0 Å². The molecule has 0 aliphatic heterocycles. The van der Waals surface area contributed by atoms with Crippen LogP contribution in [-0.2, 0) is 14.5 Å². The molecule has 3 nitrogen and oxygen atoms in total. The Bertz CT molecular complexity index is 556. The highest BCUT2D eigenvalue weighted by Crippen LogP contribution is 2.56. The van der Waals surface area contributed by atoms with Crippen LogP contribution in [0.25, 0.3) is 0 Å². The van der Waals surface area contributed by atoms with Crippen LogP contribution in [0.4, 0.5) is 0 Å². The van der Waals surface area contributed by atoms with Gasteiger partial charge in [0.25, 0.3) is 0 Å². The molecule has 0 bridgehead atoms. The van der Waals surface area contributed by atoms with Crippen molar-refractivity contribution >= 4 is 77.6 Å². The Balaban J connectivity index is 2.86. The minimum Gasteiger partial charge on any atom is -0.412 e. The number of rotatable bonds is 4. The van der Waals surface area contributed by atoms with Crippen molar-refractivity contribution in [3.05, 3.63) is 28.8 Å². The maximum Gasteiger partial charge on any atom is 0.476 e. The van der Waals surface area contributed by atoms with Crippen LogP contribution in [0.1, 0.15) is 26.3 Å². The molecule has 0 aliphatic rings. The molecule has 120 valence electrons. The third-order valence-electron chi connectivity index (χ3n) is 2.39. The van der Waals surface area contributed by atoms with Crippen LogP contribution in [0, 0.1) is 0 Å². The van der Waals surface area contributed by atoms with Gasteiger partial charge < -0.3 is 4.52 Å². The fraction of sp³-hybridized carbons (Fsp3) is 0.500. The summed E-state index contributed by atoms with van der Waals surface area (Å²) in [6.45, 7) is 2.38. The molecule has 0 N–H and O–H groups in total. The average Bonchev–Trinajstić information content (AvgIpc) is 2.27. The molecule has 9 heteroatoms. The van der Waals surface area contributed by atoms with Crippen LogP contribution >= 0.6 is 77.6 Å². The van der Waals surface area contributed by atoms with Crippen molar-refractivity contribution in [1.29, 1.82) is 0 Å². The normalized spacial score (nSPS) is 15.6. The number of alkyl halides is 3. The zero-order valence-electron chi connectivity index (χ0n) is 11.5. The summed E-state index contributed by atoms with van der Waals surface area (Å²) in [6, 6.07) is 5.24. The average molecular weight is 548 g/mol. The molecule has 0 aromatic heterocycles. The summed E-state index contributed by atoms with van der Waals surface area (Å²) in [6.07, 6.45) is 0. The highest BCUT2D eigenvalue weighted by atomic mass is 80.0. The number of halogens is 5. The van der Waals surface area contributed by atoms with Crippen molar-refractivity contribution < 1.29 is 13.6 Å². The molecular weight excluding hydrogens is 534 g/mol. The number of hydrogen-bond acceptors (Lipinski definition) is 3. The first-order valence-electron chi connectivity index (χ1n) is 5.81. The van der Waals surface area contributed by atoms with E-state index in [4.69, 9.17) is 31.9 Å². The summed E-state index contributed by atoms with van der Waals surface area (Å²) in [5.74, 6) is 0.215. The van der Waals surface area contributed by atoms with Crippen LogP contribution in [0.5, 0.6) is 5.75 Å². The molecule has 1 aromatic rings. The molecule has 0 radical (unpaired) electrons. The van der Waals surface area contributed by atoms with Gasteiger partial charge in [-0.1, -0.05) is 86.2 Å². The molecule has 1 unspecified atom stereocenters. The molecule has 0 heterocycles. The molecule has 21 heavy (non-hydrogen) atoms. The maximum atomic E-state index is 12.1.